The summed E-state index contributed by atoms with van der Waals surface area (Å²) in [4.78, 5) is 0. The molecule has 0 unspecified atom stereocenters. The van der Waals surface area contributed by atoms with Gasteiger partial charge in [-0.3, -0.25) is 0 Å². The first-order valence-electron chi connectivity index (χ1n) is 6.74. The number of halogens is 1. The quantitative estimate of drug-likeness (QED) is 0.620. The van der Waals surface area contributed by atoms with Gasteiger partial charge in [-0.25, -0.2) is 0 Å². The van der Waals surface area contributed by atoms with Gasteiger partial charge in [-0.1, -0.05) is 17.9 Å². The third-order valence-electron chi connectivity index (χ3n) is 3.11. The normalized spacial score (nSPS) is 15.6. The minimum atomic E-state index is 0.576. The Morgan fingerprint density at radius 1 is 1.32 bits per heavy atom. The third-order valence-corrected chi connectivity index (χ3v) is 3.30. The largest absolute Gasteiger partial charge is 0.493 e. The van der Waals surface area contributed by atoms with Gasteiger partial charge in [-0.2, -0.15) is 0 Å². The Bertz CT molecular complexity index is 442. The lowest BCUT2D eigenvalue weighted by molar-refractivity contribution is 0.0497. The topological polar surface area (TPSA) is 18.5 Å². The van der Waals surface area contributed by atoms with Crippen molar-refractivity contribution in [2.45, 2.75) is 19.3 Å². The van der Waals surface area contributed by atoms with Crippen LogP contribution in [0.3, 0.4) is 0 Å². The molecule has 2 rings (SSSR count). The average Bonchev–Trinajstić information content (AvgIpc) is 2.47. The Kier molecular flexibility index (Phi) is 6.07. The highest BCUT2D eigenvalue weighted by Gasteiger charge is 2.14. The first-order chi connectivity index (χ1) is 9.38. The lowest BCUT2D eigenvalue weighted by atomic mass is 10.0. The van der Waals surface area contributed by atoms with Crippen molar-refractivity contribution in [3.05, 3.63) is 29.8 Å². The van der Waals surface area contributed by atoms with Crippen LogP contribution in [-0.4, -0.2) is 25.7 Å². The summed E-state index contributed by atoms with van der Waals surface area (Å²) in [5, 5.41) is 0. The number of hydrogen-bond acceptors (Lipinski definition) is 2. The zero-order valence-electron chi connectivity index (χ0n) is 11.0. The maximum absolute atomic E-state index is 5.84. The second-order valence-corrected chi connectivity index (χ2v) is 5.01. The molecule has 1 aromatic rings. The molecule has 0 saturated carbocycles. The molecule has 0 spiro atoms. The molecule has 1 aromatic carbocycles. The highest BCUT2D eigenvalue weighted by Crippen LogP contribution is 2.18. The summed E-state index contributed by atoms with van der Waals surface area (Å²) < 4.78 is 11.2. The highest BCUT2D eigenvalue weighted by molar-refractivity contribution is 6.18. The summed E-state index contributed by atoms with van der Waals surface area (Å²) in [6.07, 6.45) is 2.90. The number of benzene rings is 1. The lowest BCUT2D eigenvalue weighted by Crippen LogP contribution is -2.21. The molecule has 1 saturated heterocycles. The van der Waals surface area contributed by atoms with Crippen LogP contribution in [0, 0.1) is 17.8 Å². The predicted molar refractivity (Wildman–Crippen MR) is 77.7 cm³/mol. The van der Waals surface area contributed by atoms with Crippen molar-refractivity contribution in [2.75, 3.05) is 25.7 Å². The fraction of sp³-hybridized carbons (Fsp3) is 0.500. The summed E-state index contributed by atoms with van der Waals surface area (Å²) in [5.74, 6) is 8.20. The molecule has 3 heteroatoms. The van der Waals surface area contributed by atoms with E-state index < -0.39 is 0 Å². The van der Waals surface area contributed by atoms with E-state index in [9.17, 15) is 0 Å². The van der Waals surface area contributed by atoms with Gasteiger partial charge in [-0.15, -0.1) is 11.6 Å². The highest BCUT2D eigenvalue weighted by atomic mass is 35.5. The molecule has 2 nitrogen and oxygen atoms in total. The Morgan fingerprint density at radius 3 is 2.95 bits per heavy atom. The van der Waals surface area contributed by atoms with Crippen LogP contribution in [0.2, 0.25) is 0 Å². The number of alkyl halides is 1. The van der Waals surface area contributed by atoms with E-state index in [0.717, 1.165) is 44.0 Å². The second kappa shape index (κ2) is 8.09. The summed E-state index contributed by atoms with van der Waals surface area (Å²) >= 11 is 5.60. The molecule has 0 atom stereocenters. The predicted octanol–water partition coefficient (Wildman–Crippen LogP) is 3.47. The van der Waals surface area contributed by atoms with Crippen LogP contribution < -0.4 is 4.74 Å². The van der Waals surface area contributed by atoms with Crippen LogP contribution >= 0.6 is 11.6 Å². The Balaban J connectivity index is 1.86. The number of rotatable bonds is 4. The van der Waals surface area contributed by atoms with Gasteiger partial charge >= 0.3 is 0 Å². The van der Waals surface area contributed by atoms with E-state index in [1.54, 1.807) is 0 Å². The first kappa shape index (κ1) is 14.2. The Morgan fingerprint density at radius 2 is 2.16 bits per heavy atom. The van der Waals surface area contributed by atoms with E-state index in [1.165, 1.54) is 0 Å². The molecule has 19 heavy (non-hydrogen) atoms. The molecule has 0 radical (unpaired) electrons. The minimum Gasteiger partial charge on any atom is -0.493 e. The summed E-state index contributed by atoms with van der Waals surface area (Å²) in [5.41, 5.74) is 0.981. The average molecular weight is 279 g/mol. The van der Waals surface area contributed by atoms with Crippen LogP contribution in [-0.2, 0) is 4.74 Å². The van der Waals surface area contributed by atoms with Crippen molar-refractivity contribution >= 4 is 11.6 Å². The molecular weight excluding hydrogens is 260 g/mol. The summed E-state index contributed by atoms with van der Waals surface area (Å²) in [6, 6.07) is 7.93. The summed E-state index contributed by atoms with van der Waals surface area (Å²) in [7, 11) is 0. The van der Waals surface area contributed by atoms with Crippen LogP contribution in [0.5, 0.6) is 5.75 Å². The molecule has 0 amide bonds. The van der Waals surface area contributed by atoms with Crippen molar-refractivity contribution in [3.8, 4) is 17.6 Å². The molecule has 0 aromatic heterocycles. The van der Waals surface area contributed by atoms with Crippen LogP contribution in [0.4, 0.5) is 0 Å². The molecule has 1 aliphatic rings. The van der Waals surface area contributed by atoms with Crippen LogP contribution in [0.25, 0.3) is 0 Å². The van der Waals surface area contributed by atoms with E-state index in [2.05, 4.69) is 11.8 Å². The molecule has 0 aliphatic carbocycles. The SMILES string of the molecule is ClCCC#Cc1cccc(OCC2CCOCC2)c1. The molecule has 1 aliphatic heterocycles. The van der Waals surface area contributed by atoms with Crippen LogP contribution in [0.1, 0.15) is 24.8 Å². The van der Waals surface area contributed by atoms with E-state index in [1.807, 2.05) is 24.3 Å². The van der Waals surface area contributed by atoms with E-state index in [4.69, 9.17) is 21.1 Å². The molecular formula is C16H19ClO2. The maximum Gasteiger partial charge on any atom is 0.120 e. The van der Waals surface area contributed by atoms with E-state index in [-0.39, 0.29) is 0 Å². The smallest absolute Gasteiger partial charge is 0.120 e. The Hall–Kier alpha value is -1.17. The van der Waals surface area contributed by atoms with Crippen molar-refractivity contribution in [1.29, 1.82) is 0 Å². The van der Waals surface area contributed by atoms with Gasteiger partial charge in [-0.05, 0) is 37.0 Å². The van der Waals surface area contributed by atoms with Crippen molar-refractivity contribution in [1.82, 2.24) is 0 Å². The third kappa shape index (κ3) is 5.14. The zero-order chi connectivity index (χ0) is 13.3. The van der Waals surface area contributed by atoms with E-state index >= 15 is 0 Å². The summed E-state index contributed by atoms with van der Waals surface area (Å²) in [6.45, 7) is 2.48. The fourth-order valence-electron chi connectivity index (χ4n) is 2.00. The molecule has 0 bridgehead atoms. The van der Waals surface area contributed by atoms with Crippen LogP contribution in [0.15, 0.2) is 24.3 Å². The van der Waals surface area contributed by atoms with Gasteiger partial charge in [0.1, 0.15) is 5.75 Å². The maximum atomic E-state index is 5.84. The molecule has 0 N–H and O–H groups in total. The van der Waals surface area contributed by atoms with Gasteiger partial charge in [0, 0.05) is 31.1 Å². The molecule has 1 heterocycles. The number of ether oxygens (including phenoxy) is 2. The van der Waals surface area contributed by atoms with Gasteiger partial charge in [0.05, 0.1) is 6.61 Å². The lowest BCUT2D eigenvalue weighted by Gasteiger charge is -2.22. The number of hydrogen-bond donors (Lipinski definition) is 0. The van der Waals surface area contributed by atoms with Gasteiger partial charge in [0.15, 0.2) is 0 Å². The van der Waals surface area contributed by atoms with Crippen molar-refractivity contribution in [3.63, 3.8) is 0 Å². The van der Waals surface area contributed by atoms with Crippen molar-refractivity contribution in [2.24, 2.45) is 5.92 Å². The molecule has 1 fully saturated rings. The van der Waals surface area contributed by atoms with Gasteiger partial charge in [0.25, 0.3) is 0 Å². The van der Waals surface area contributed by atoms with Gasteiger partial charge < -0.3 is 9.47 Å². The Labute approximate surface area is 120 Å². The van der Waals surface area contributed by atoms with E-state index in [0.29, 0.717) is 18.2 Å². The van der Waals surface area contributed by atoms with Gasteiger partial charge in [0.2, 0.25) is 0 Å². The molecule has 102 valence electrons. The van der Waals surface area contributed by atoms with Crippen molar-refractivity contribution < 1.29 is 9.47 Å². The monoisotopic (exact) mass is 278 g/mol. The minimum absolute atomic E-state index is 0.576. The zero-order valence-corrected chi connectivity index (χ0v) is 11.8. The fourth-order valence-corrected chi connectivity index (χ4v) is 2.10. The first-order valence-corrected chi connectivity index (χ1v) is 7.27. The second-order valence-electron chi connectivity index (χ2n) is 4.64. The standard InChI is InChI=1S/C16H19ClO2/c17-9-2-1-4-14-5-3-6-16(12-14)19-13-15-7-10-18-11-8-15/h3,5-6,12,15H,2,7-11,13H2.